The summed E-state index contributed by atoms with van der Waals surface area (Å²) >= 11 is 0. The van der Waals surface area contributed by atoms with Gasteiger partial charge in [0.1, 0.15) is 0 Å². The largest absolute Gasteiger partial charge is 0.454 e. The molecule has 0 spiro atoms. The molecule has 1 heterocycles. The fraction of sp³-hybridized carbons (Fsp3) is 0.462. The number of hydrogen-bond donors (Lipinski definition) is 3. The first-order valence-electron chi connectivity index (χ1n) is 5.86. The second-order valence-electron chi connectivity index (χ2n) is 2.73. The lowest BCUT2D eigenvalue weighted by atomic mass is 10.1. The highest BCUT2D eigenvalue weighted by atomic mass is 16.7. The highest BCUT2D eigenvalue weighted by Gasteiger charge is 2.12. The highest BCUT2D eigenvalue weighted by molar-refractivity contribution is 5.46. The molecule has 0 saturated heterocycles. The van der Waals surface area contributed by atoms with Crippen molar-refractivity contribution < 1.29 is 9.47 Å². The molecule has 5 nitrogen and oxygen atoms in total. The van der Waals surface area contributed by atoms with Gasteiger partial charge < -0.3 is 26.7 Å². The van der Waals surface area contributed by atoms with Crippen molar-refractivity contribution in [2.75, 3.05) is 27.9 Å². The summed E-state index contributed by atoms with van der Waals surface area (Å²) in [6.45, 7) is 2.47. The Hall–Kier alpha value is -1.30. The quantitative estimate of drug-likeness (QED) is 0.736. The Morgan fingerprint density at radius 3 is 2.11 bits per heavy atom. The van der Waals surface area contributed by atoms with Gasteiger partial charge in [0.05, 0.1) is 0 Å². The van der Waals surface area contributed by atoms with Crippen LogP contribution < -0.4 is 26.7 Å². The van der Waals surface area contributed by atoms with Gasteiger partial charge >= 0.3 is 0 Å². The molecule has 105 valence electrons. The monoisotopic (exact) mass is 256 g/mol. The number of hydrogen-bond acceptors (Lipinski definition) is 5. The van der Waals surface area contributed by atoms with Crippen LogP contribution in [-0.4, -0.2) is 27.9 Å². The van der Waals surface area contributed by atoms with Crippen molar-refractivity contribution in [3.05, 3.63) is 30.2 Å². The van der Waals surface area contributed by atoms with Gasteiger partial charge in [-0.15, -0.1) is 0 Å². The molecule has 1 aromatic carbocycles. The van der Waals surface area contributed by atoms with E-state index in [2.05, 4.69) is 30.5 Å². The Labute approximate surface area is 110 Å². The molecule has 1 aromatic rings. The van der Waals surface area contributed by atoms with Crippen molar-refractivity contribution in [3.8, 4) is 11.5 Å². The maximum Gasteiger partial charge on any atom is 0.231 e. The SMILES string of the molecule is CC[CH]c1ccc2c(c1)OCO2.CN.CN.CN. The van der Waals surface area contributed by atoms with E-state index in [4.69, 9.17) is 9.47 Å². The molecule has 0 amide bonds. The van der Waals surface area contributed by atoms with Gasteiger partial charge in [-0.2, -0.15) is 0 Å². The number of rotatable bonds is 2. The Kier molecular flexibility index (Phi) is 14.6. The van der Waals surface area contributed by atoms with Gasteiger partial charge in [-0.1, -0.05) is 13.0 Å². The van der Waals surface area contributed by atoms with Gasteiger partial charge in [0, 0.05) is 0 Å². The number of nitrogens with two attached hydrogens (primary N) is 3. The lowest BCUT2D eigenvalue weighted by Crippen LogP contribution is -1.92. The molecule has 18 heavy (non-hydrogen) atoms. The first kappa shape index (κ1) is 19.0. The van der Waals surface area contributed by atoms with Crippen LogP contribution in [-0.2, 0) is 0 Å². The molecule has 0 bridgehead atoms. The summed E-state index contributed by atoms with van der Waals surface area (Å²) in [5.41, 5.74) is 14.7. The highest BCUT2D eigenvalue weighted by Crippen LogP contribution is 2.32. The number of fused-ring (bicyclic) bond motifs is 1. The van der Waals surface area contributed by atoms with E-state index >= 15 is 0 Å². The molecule has 6 N–H and O–H groups in total. The van der Waals surface area contributed by atoms with Crippen LogP contribution in [0, 0.1) is 6.42 Å². The van der Waals surface area contributed by atoms with Crippen LogP contribution in [0.2, 0.25) is 0 Å². The standard InChI is InChI=1S/C10H11O2.3CH5N/c1-2-3-8-4-5-9-10(6-8)12-7-11-9;3*1-2/h3-6H,2,7H2,1H3;3*2H2,1H3. The molecule has 5 heteroatoms. The molecule has 0 atom stereocenters. The maximum atomic E-state index is 5.24. The number of ether oxygens (including phenoxy) is 2. The average molecular weight is 256 g/mol. The van der Waals surface area contributed by atoms with Gasteiger partial charge in [0.2, 0.25) is 6.79 Å². The van der Waals surface area contributed by atoms with Gasteiger partial charge in [-0.05, 0) is 51.7 Å². The van der Waals surface area contributed by atoms with Gasteiger partial charge in [0.25, 0.3) is 0 Å². The smallest absolute Gasteiger partial charge is 0.231 e. The van der Waals surface area contributed by atoms with E-state index in [1.54, 1.807) is 0 Å². The van der Waals surface area contributed by atoms with E-state index in [1.165, 1.54) is 26.7 Å². The minimum Gasteiger partial charge on any atom is -0.454 e. The summed E-state index contributed by atoms with van der Waals surface area (Å²) in [4.78, 5) is 0. The topological polar surface area (TPSA) is 96.5 Å². The summed E-state index contributed by atoms with van der Waals surface area (Å²) in [6, 6.07) is 5.99. The Morgan fingerprint density at radius 2 is 1.56 bits per heavy atom. The maximum absolute atomic E-state index is 5.24. The molecule has 2 rings (SSSR count). The summed E-state index contributed by atoms with van der Waals surface area (Å²) < 4.78 is 10.4. The summed E-state index contributed by atoms with van der Waals surface area (Å²) in [5, 5.41) is 0. The minimum absolute atomic E-state index is 0.352. The van der Waals surface area contributed by atoms with Crippen LogP contribution in [0.4, 0.5) is 0 Å². The fourth-order valence-electron chi connectivity index (χ4n) is 1.28. The van der Waals surface area contributed by atoms with Crippen LogP contribution in [0.3, 0.4) is 0 Å². The predicted molar refractivity (Wildman–Crippen MR) is 76.6 cm³/mol. The predicted octanol–water partition coefficient (Wildman–Crippen LogP) is 1.10. The summed E-state index contributed by atoms with van der Waals surface area (Å²) in [7, 11) is 4.50. The van der Waals surface area contributed by atoms with Gasteiger partial charge in [0.15, 0.2) is 11.5 Å². The molecule has 0 unspecified atom stereocenters. The lowest BCUT2D eigenvalue weighted by Gasteiger charge is -1.99. The Bertz CT molecular complexity index is 294. The molecular weight excluding hydrogens is 230 g/mol. The summed E-state index contributed by atoms with van der Waals surface area (Å²) in [5.74, 6) is 1.71. The van der Waals surface area contributed by atoms with E-state index in [1.807, 2.05) is 18.2 Å². The third-order valence-corrected chi connectivity index (χ3v) is 1.84. The van der Waals surface area contributed by atoms with Crippen LogP contribution >= 0.6 is 0 Å². The van der Waals surface area contributed by atoms with Crippen molar-refractivity contribution in [3.63, 3.8) is 0 Å². The van der Waals surface area contributed by atoms with E-state index in [0.29, 0.717) is 6.79 Å². The van der Waals surface area contributed by atoms with Crippen molar-refractivity contribution >= 4 is 0 Å². The molecule has 0 aliphatic carbocycles. The van der Waals surface area contributed by atoms with E-state index in [9.17, 15) is 0 Å². The zero-order chi connectivity index (χ0) is 14.4. The second-order valence-corrected chi connectivity index (χ2v) is 2.73. The fourth-order valence-corrected chi connectivity index (χ4v) is 1.28. The van der Waals surface area contributed by atoms with Crippen LogP contribution in [0.15, 0.2) is 18.2 Å². The normalized spacial score (nSPS) is 9.94. The molecule has 1 aliphatic heterocycles. The molecular formula is C13H26N3O2. The minimum atomic E-state index is 0.352. The van der Waals surface area contributed by atoms with E-state index in [-0.39, 0.29) is 0 Å². The third kappa shape index (κ3) is 6.44. The Balaban J connectivity index is 0. The van der Waals surface area contributed by atoms with Gasteiger partial charge in [-0.25, -0.2) is 0 Å². The molecule has 0 saturated carbocycles. The molecule has 1 radical (unpaired) electrons. The van der Waals surface area contributed by atoms with Crippen LogP contribution in [0.25, 0.3) is 0 Å². The van der Waals surface area contributed by atoms with Crippen LogP contribution in [0.1, 0.15) is 18.9 Å². The Morgan fingerprint density at radius 1 is 1.00 bits per heavy atom. The van der Waals surface area contributed by atoms with Crippen LogP contribution in [0.5, 0.6) is 11.5 Å². The number of benzene rings is 1. The van der Waals surface area contributed by atoms with Gasteiger partial charge in [-0.3, -0.25) is 0 Å². The van der Waals surface area contributed by atoms with Crippen molar-refractivity contribution in [1.29, 1.82) is 0 Å². The van der Waals surface area contributed by atoms with E-state index < -0.39 is 0 Å². The second kappa shape index (κ2) is 13.8. The first-order valence-corrected chi connectivity index (χ1v) is 5.86. The summed E-state index contributed by atoms with van der Waals surface area (Å²) in [6.07, 6.45) is 3.20. The molecule has 0 fully saturated rings. The van der Waals surface area contributed by atoms with Crippen molar-refractivity contribution in [2.45, 2.75) is 13.3 Å². The van der Waals surface area contributed by atoms with Crippen molar-refractivity contribution in [1.82, 2.24) is 0 Å². The molecule has 1 aliphatic rings. The van der Waals surface area contributed by atoms with E-state index in [0.717, 1.165) is 17.9 Å². The zero-order valence-electron chi connectivity index (χ0n) is 11.8. The third-order valence-electron chi connectivity index (χ3n) is 1.84. The average Bonchev–Trinajstić information content (AvgIpc) is 2.93. The molecule has 0 aromatic heterocycles. The lowest BCUT2D eigenvalue weighted by molar-refractivity contribution is 0.174. The van der Waals surface area contributed by atoms with Crippen molar-refractivity contribution in [2.24, 2.45) is 17.2 Å². The first-order chi connectivity index (χ1) is 8.90. The zero-order valence-corrected chi connectivity index (χ0v) is 11.8.